The van der Waals surface area contributed by atoms with Crippen molar-refractivity contribution in [1.82, 2.24) is 19.7 Å². The summed E-state index contributed by atoms with van der Waals surface area (Å²) in [7, 11) is 0. The van der Waals surface area contributed by atoms with E-state index in [1.807, 2.05) is 24.3 Å². The molecule has 2 heterocycles. The van der Waals surface area contributed by atoms with Crippen LogP contribution in [-0.4, -0.2) is 24.7 Å². The second-order valence-electron chi connectivity index (χ2n) is 3.34. The maximum absolute atomic E-state index is 5.51. The zero-order chi connectivity index (χ0) is 11.8. The first-order valence-corrected chi connectivity index (χ1v) is 5.22. The molecule has 0 aliphatic rings. The number of fused-ring (bicyclic) bond motifs is 1. The Bertz CT molecular complexity index is 668. The van der Waals surface area contributed by atoms with E-state index < -0.39 is 0 Å². The van der Waals surface area contributed by atoms with Crippen molar-refractivity contribution in [3.63, 3.8) is 0 Å². The smallest absolute Gasteiger partial charge is 0.325 e. The van der Waals surface area contributed by atoms with Crippen molar-refractivity contribution in [2.24, 2.45) is 5.73 Å². The van der Waals surface area contributed by atoms with Gasteiger partial charge in [0, 0.05) is 0 Å². The molecule has 0 amide bonds. The molecule has 0 unspecified atom stereocenters. The summed E-state index contributed by atoms with van der Waals surface area (Å²) < 4.78 is 6.91. The molecule has 84 valence electrons. The Hall–Kier alpha value is -2.28. The van der Waals surface area contributed by atoms with Gasteiger partial charge in [0.2, 0.25) is 5.82 Å². The van der Waals surface area contributed by atoms with Crippen LogP contribution in [0.2, 0.25) is 0 Å². The molecular formula is C10H7N5OS. The summed E-state index contributed by atoms with van der Waals surface area (Å²) in [6.45, 7) is 0. The molecule has 0 fully saturated rings. The minimum Gasteiger partial charge on any atom is -0.422 e. The fraction of sp³-hybridized carbons (Fsp3) is 0. The molecule has 0 radical (unpaired) electrons. The van der Waals surface area contributed by atoms with Crippen LogP contribution in [-0.2, 0) is 0 Å². The topological polar surface area (TPSA) is 82.8 Å². The van der Waals surface area contributed by atoms with Crippen molar-refractivity contribution in [3.05, 3.63) is 36.4 Å². The van der Waals surface area contributed by atoms with Gasteiger partial charge in [0.05, 0.1) is 0 Å². The standard InChI is InChI=1S/C10H7N5OS/c11-8(17)9-12-5-15(14-9)10-13-6-3-1-2-4-7(6)16-10/h1-5H,(H2,11,17). The Morgan fingerprint density at radius 2 is 2.18 bits per heavy atom. The van der Waals surface area contributed by atoms with E-state index >= 15 is 0 Å². The molecule has 3 rings (SSSR count). The molecule has 7 heteroatoms. The van der Waals surface area contributed by atoms with Crippen molar-refractivity contribution >= 4 is 28.3 Å². The van der Waals surface area contributed by atoms with Gasteiger partial charge in [0.15, 0.2) is 5.58 Å². The van der Waals surface area contributed by atoms with Crippen LogP contribution in [0.5, 0.6) is 0 Å². The molecule has 0 saturated heterocycles. The molecule has 0 bridgehead atoms. The van der Waals surface area contributed by atoms with Gasteiger partial charge in [-0.05, 0) is 12.1 Å². The van der Waals surface area contributed by atoms with E-state index in [0.717, 1.165) is 5.52 Å². The van der Waals surface area contributed by atoms with E-state index in [0.29, 0.717) is 17.4 Å². The van der Waals surface area contributed by atoms with E-state index in [-0.39, 0.29) is 4.99 Å². The fourth-order valence-electron chi connectivity index (χ4n) is 1.43. The summed E-state index contributed by atoms with van der Waals surface area (Å²) in [4.78, 5) is 8.35. The highest BCUT2D eigenvalue weighted by Crippen LogP contribution is 2.16. The lowest BCUT2D eigenvalue weighted by Gasteiger charge is -1.90. The van der Waals surface area contributed by atoms with E-state index in [1.54, 1.807) is 0 Å². The maximum Gasteiger partial charge on any atom is 0.325 e. The Kier molecular flexibility index (Phi) is 2.12. The number of para-hydroxylation sites is 2. The molecular weight excluding hydrogens is 238 g/mol. The van der Waals surface area contributed by atoms with Crippen molar-refractivity contribution in [2.45, 2.75) is 0 Å². The predicted molar refractivity (Wildman–Crippen MR) is 64.8 cm³/mol. The lowest BCUT2D eigenvalue weighted by atomic mass is 10.3. The van der Waals surface area contributed by atoms with Gasteiger partial charge in [-0.2, -0.15) is 9.67 Å². The van der Waals surface area contributed by atoms with E-state index in [9.17, 15) is 0 Å². The first-order chi connectivity index (χ1) is 8.24. The highest BCUT2D eigenvalue weighted by molar-refractivity contribution is 7.80. The van der Waals surface area contributed by atoms with Gasteiger partial charge in [-0.3, -0.25) is 0 Å². The molecule has 2 aromatic heterocycles. The third kappa shape index (κ3) is 1.66. The Morgan fingerprint density at radius 3 is 2.88 bits per heavy atom. The number of oxazole rings is 1. The first kappa shape index (κ1) is 9.91. The number of thiocarbonyl (C=S) groups is 1. The van der Waals surface area contributed by atoms with E-state index in [1.165, 1.54) is 11.0 Å². The summed E-state index contributed by atoms with van der Waals surface area (Å²) in [5, 5.41) is 4.06. The molecule has 0 spiro atoms. The van der Waals surface area contributed by atoms with Crippen LogP contribution in [0.1, 0.15) is 5.82 Å². The second kappa shape index (κ2) is 3.63. The minimum atomic E-state index is 0.139. The van der Waals surface area contributed by atoms with Crippen LogP contribution >= 0.6 is 12.2 Å². The predicted octanol–water partition coefficient (Wildman–Crippen LogP) is 1.04. The van der Waals surface area contributed by atoms with Gasteiger partial charge in [0.1, 0.15) is 16.8 Å². The van der Waals surface area contributed by atoms with Crippen LogP contribution in [0.4, 0.5) is 0 Å². The number of nitrogens with two attached hydrogens (primary N) is 1. The minimum absolute atomic E-state index is 0.139. The third-order valence-corrected chi connectivity index (χ3v) is 2.37. The lowest BCUT2D eigenvalue weighted by Crippen LogP contribution is -2.12. The zero-order valence-corrected chi connectivity index (χ0v) is 9.39. The van der Waals surface area contributed by atoms with Crippen molar-refractivity contribution in [2.75, 3.05) is 0 Å². The van der Waals surface area contributed by atoms with Gasteiger partial charge < -0.3 is 10.2 Å². The lowest BCUT2D eigenvalue weighted by molar-refractivity contribution is 0.542. The number of hydrogen-bond donors (Lipinski definition) is 1. The van der Waals surface area contributed by atoms with Gasteiger partial charge >= 0.3 is 6.01 Å². The average Bonchev–Trinajstić information content (AvgIpc) is 2.95. The molecule has 0 aliphatic heterocycles. The number of benzene rings is 1. The number of hydrogen-bond acceptors (Lipinski definition) is 5. The van der Waals surface area contributed by atoms with Crippen LogP contribution in [0.25, 0.3) is 17.1 Å². The summed E-state index contributed by atoms with van der Waals surface area (Å²) >= 11 is 4.78. The molecule has 2 N–H and O–H groups in total. The summed E-state index contributed by atoms with van der Waals surface area (Å²) in [5.74, 6) is 0.294. The summed E-state index contributed by atoms with van der Waals surface area (Å²) in [6, 6.07) is 7.78. The van der Waals surface area contributed by atoms with Crippen LogP contribution < -0.4 is 5.73 Å². The van der Waals surface area contributed by atoms with Crippen LogP contribution in [0, 0.1) is 0 Å². The Balaban J connectivity index is 2.10. The highest BCUT2D eigenvalue weighted by Gasteiger charge is 2.10. The monoisotopic (exact) mass is 245 g/mol. The molecule has 3 aromatic rings. The van der Waals surface area contributed by atoms with E-state index in [2.05, 4.69) is 15.1 Å². The average molecular weight is 245 g/mol. The third-order valence-electron chi connectivity index (χ3n) is 2.19. The van der Waals surface area contributed by atoms with Crippen molar-refractivity contribution < 1.29 is 4.42 Å². The van der Waals surface area contributed by atoms with Crippen molar-refractivity contribution in [1.29, 1.82) is 0 Å². The SMILES string of the molecule is NC(=S)c1ncn(-c2nc3ccccc3o2)n1. The molecule has 1 aromatic carbocycles. The number of aromatic nitrogens is 4. The van der Waals surface area contributed by atoms with Gasteiger partial charge in [-0.15, -0.1) is 5.10 Å². The van der Waals surface area contributed by atoms with Crippen LogP contribution in [0.15, 0.2) is 35.0 Å². The quantitative estimate of drug-likeness (QED) is 0.679. The highest BCUT2D eigenvalue weighted by atomic mass is 32.1. The molecule has 0 aliphatic carbocycles. The normalized spacial score (nSPS) is 10.8. The Morgan fingerprint density at radius 1 is 1.35 bits per heavy atom. The second-order valence-corrected chi connectivity index (χ2v) is 3.78. The largest absolute Gasteiger partial charge is 0.422 e. The van der Waals surface area contributed by atoms with Crippen LogP contribution in [0.3, 0.4) is 0 Å². The Labute approximate surface area is 101 Å². The molecule has 6 nitrogen and oxygen atoms in total. The number of nitrogens with zero attached hydrogens (tertiary/aromatic N) is 4. The fourth-order valence-corrected chi connectivity index (χ4v) is 1.52. The zero-order valence-electron chi connectivity index (χ0n) is 8.57. The van der Waals surface area contributed by atoms with Gasteiger partial charge in [0.25, 0.3) is 0 Å². The van der Waals surface area contributed by atoms with Gasteiger partial charge in [-0.25, -0.2) is 4.98 Å². The molecule has 0 saturated carbocycles. The van der Waals surface area contributed by atoms with Crippen molar-refractivity contribution in [3.8, 4) is 6.01 Å². The first-order valence-electron chi connectivity index (χ1n) is 4.81. The van der Waals surface area contributed by atoms with E-state index in [4.69, 9.17) is 22.4 Å². The summed E-state index contributed by atoms with van der Waals surface area (Å²) in [5.41, 5.74) is 6.87. The molecule has 17 heavy (non-hydrogen) atoms. The van der Waals surface area contributed by atoms with Gasteiger partial charge in [-0.1, -0.05) is 24.4 Å². The number of rotatable bonds is 2. The summed E-state index contributed by atoms with van der Waals surface area (Å²) in [6.07, 6.45) is 1.46. The maximum atomic E-state index is 5.51. The molecule has 0 atom stereocenters.